The second-order valence-corrected chi connectivity index (χ2v) is 13.3. The van der Waals surface area contributed by atoms with Crippen LogP contribution in [0.4, 0.5) is 13.2 Å². The van der Waals surface area contributed by atoms with Crippen LogP contribution in [-0.2, 0) is 44.9 Å². The van der Waals surface area contributed by atoms with Gasteiger partial charge in [0.1, 0.15) is 12.6 Å². The lowest BCUT2D eigenvalue weighted by atomic mass is 10.1. The number of aromatic nitrogens is 2. The number of sulfonamides is 1. The van der Waals surface area contributed by atoms with Crippen LogP contribution in [-0.4, -0.2) is 71.5 Å². The summed E-state index contributed by atoms with van der Waals surface area (Å²) in [4.78, 5) is 40.9. The van der Waals surface area contributed by atoms with Gasteiger partial charge >= 0.3 is 18.1 Å². The molecule has 19 heteroatoms. The molecule has 0 aliphatic carbocycles. The lowest BCUT2D eigenvalue weighted by molar-refractivity contribution is -0.734. The first kappa shape index (κ1) is 37.6. The van der Waals surface area contributed by atoms with Gasteiger partial charge < -0.3 is 14.7 Å². The van der Waals surface area contributed by atoms with E-state index in [2.05, 4.69) is 10.4 Å². The molecular weight excluding hydrogens is 689 g/mol. The van der Waals surface area contributed by atoms with E-state index in [-0.39, 0.29) is 34.4 Å². The summed E-state index contributed by atoms with van der Waals surface area (Å²) in [5.74, 6) is -2.76. The molecule has 1 amide bonds. The van der Waals surface area contributed by atoms with Gasteiger partial charge in [-0.15, -0.1) is 5.01 Å². The van der Waals surface area contributed by atoms with Gasteiger partial charge in [0.15, 0.2) is 5.69 Å². The minimum atomic E-state index is -4.72. The van der Waals surface area contributed by atoms with E-state index in [1.807, 2.05) is 11.6 Å². The molecule has 1 unspecified atom stereocenters. The highest BCUT2D eigenvalue weighted by atomic mass is 32.2. The first-order valence-electron chi connectivity index (χ1n) is 15.3. The van der Waals surface area contributed by atoms with Crippen molar-refractivity contribution in [2.75, 3.05) is 13.2 Å². The van der Waals surface area contributed by atoms with Crippen molar-refractivity contribution in [1.29, 1.82) is 0 Å². The van der Waals surface area contributed by atoms with Crippen molar-refractivity contribution in [3.8, 4) is 16.9 Å². The van der Waals surface area contributed by atoms with E-state index < -0.39 is 70.8 Å². The minimum absolute atomic E-state index is 0.128. The largest absolute Gasteiger partial charge is 0.569 e. The fraction of sp³-hybridized carbons (Fsp3) is 0.419. The van der Waals surface area contributed by atoms with Crippen LogP contribution >= 0.6 is 0 Å². The number of nitrogens with zero attached hydrogens (tertiary/aromatic N) is 5. The summed E-state index contributed by atoms with van der Waals surface area (Å²) in [7, 11) is -4.41. The molecule has 1 aliphatic rings. The first-order chi connectivity index (χ1) is 23.4. The molecule has 1 fully saturated rings. The van der Waals surface area contributed by atoms with Gasteiger partial charge in [-0.1, -0.05) is 43.7 Å². The zero-order chi connectivity index (χ0) is 36.8. The minimum Gasteiger partial charge on any atom is -0.569 e. The Morgan fingerprint density at radius 2 is 1.74 bits per heavy atom. The summed E-state index contributed by atoms with van der Waals surface area (Å²) in [5.41, 5.74) is 0.485. The van der Waals surface area contributed by atoms with Crippen LogP contribution in [0.25, 0.3) is 16.9 Å². The number of hydrazine groups is 1. The van der Waals surface area contributed by atoms with E-state index in [0.29, 0.717) is 12.0 Å². The average molecular weight is 725 g/mol. The van der Waals surface area contributed by atoms with Crippen LogP contribution in [0.5, 0.6) is 0 Å². The number of halogens is 3. The van der Waals surface area contributed by atoms with E-state index in [4.69, 9.17) is 14.3 Å². The molecule has 4 rings (SSSR count). The van der Waals surface area contributed by atoms with E-state index in [1.165, 1.54) is 24.1 Å². The monoisotopic (exact) mass is 724 g/mol. The van der Waals surface area contributed by atoms with Gasteiger partial charge in [-0.05, 0) is 43.7 Å². The highest BCUT2D eigenvalue weighted by Gasteiger charge is 2.37. The van der Waals surface area contributed by atoms with Crippen LogP contribution < -0.4 is 4.72 Å². The topological polar surface area (TPSA) is 185 Å². The van der Waals surface area contributed by atoms with Crippen molar-refractivity contribution in [1.82, 2.24) is 19.5 Å². The summed E-state index contributed by atoms with van der Waals surface area (Å²) in [5, 5.41) is 20.4. The second kappa shape index (κ2) is 15.6. The van der Waals surface area contributed by atoms with Crippen molar-refractivity contribution < 1.29 is 55.3 Å². The van der Waals surface area contributed by atoms with Gasteiger partial charge in [-0.25, -0.2) is 17.8 Å². The zero-order valence-corrected chi connectivity index (χ0v) is 28.2. The van der Waals surface area contributed by atoms with Crippen LogP contribution in [0.3, 0.4) is 0 Å². The number of hydrogen-bond donors (Lipinski definition) is 1. The van der Waals surface area contributed by atoms with E-state index >= 15 is 0 Å². The number of alkyl halides is 3. The first-order valence-corrected chi connectivity index (χ1v) is 16.8. The maximum absolute atomic E-state index is 13.5. The molecule has 2 heterocycles. The summed E-state index contributed by atoms with van der Waals surface area (Å²) in [6, 6.07) is 11.8. The van der Waals surface area contributed by atoms with Crippen molar-refractivity contribution in [2.24, 2.45) is 11.2 Å². The quantitative estimate of drug-likeness (QED) is 0.0816. The lowest BCUT2D eigenvalue weighted by Gasteiger charge is -2.34. The highest BCUT2D eigenvalue weighted by molar-refractivity contribution is 7.90. The smallest absolute Gasteiger partial charge is 0.435 e. The molecule has 1 aliphatic heterocycles. The average Bonchev–Trinajstić information content (AvgIpc) is 3.49. The third kappa shape index (κ3) is 9.70. The Balaban J connectivity index is 1.28. The summed E-state index contributed by atoms with van der Waals surface area (Å²) in [6.45, 7) is 6.53. The number of rotatable bonds is 14. The maximum Gasteiger partial charge on any atom is 0.435 e. The van der Waals surface area contributed by atoms with E-state index in [0.717, 1.165) is 28.4 Å². The fourth-order valence-corrected chi connectivity index (χ4v) is 5.46. The number of aryl methyl sites for hydroxylation is 1. The van der Waals surface area contributed by atoms with Crippen LogP contribution in [0.2, 0.25) is 0 Å². The lowest BCUT2D eigenvalue weighted by Crippen LogP contribution is -2.53. The predicted octanol–water partition coefficient (Wildman–Crippen LogP) is 4.42. The summed E-state index contributed by atoms with van der Waals surface area (Å²) < 4.78 is 79.1. The van der Waals surface area contributed by atoms with Gasteiger partial charge in [0, 0.05) is 18.9 Å². The fourth-order valence-electron chi connectivity index (χ4n) is 4.45. The number of benzene rings is 2. The molecule has 0 saturated carbocycles. The molecule has 0 spiro atoms. The van der Waals surface area contributed by atoms with Crippen LogP contribution in [0, 0.1) is 18.0 Å². The molecule has 2 aromatic carbocycles. The number of carbonyl (C=O) groups is 3. The molecular formula is C31H35F3N6O9S. The molecule has 0 radical (unpaired) electrons. The molecule has 1 aromatic heterocycles. The Morgan fingerprint density at radius 1 is 1.08 bits per heavy atom. The van der Waals surface area contributed by atoms with Gasteiger partial charge in [-0.2, -0.15) is 18.3 Å². The maximum atomic E-state index is 13.5. The molecule has 1 saturated heterocycles. The third-order valence-electron chi connectivity index (χ3n) is 7.33. The van der Waals surface area contributed by atoms with Crippen molar-refractivity contribution in [3.63, 3.8) is 0 Å². The number of amides is 1. The highest BCUT2D eigenvalue weighted by Crippen LogP contribution is 2.33. The molecule has 50 heavy (non-hydrogen) atoms. The van der Waals surface area contributed by atoms with E-state index in [1.54, 1.807) is 38.1 Å². The number of esters is 2. The Hall–Kier alpha value is -5.20. The molecule has 3 aromatic rings. The molecule has 2 atom stereocenters. The summed E-state index contributed by atoms with van der Waals surface area (Å²) in [6.07, 6.45) is -6.36. The van der Waals surface area contributed by atoms with Gasteiger partial charge in [0.2, 0.25) is 11.2 Å². The van der Waals surface area contributed by atoms with Crippen molar-refractivity contribution in [2.45, 2.75) is 70.4 Å². The number of ether oxygens (including phenoxy) is 2. The molecule has 15 nitrogen and oxygen atoms in total. The SMILES string of the molecule is Cc1ccc(-c2cc(C(F)(F)F)nn2-c2ccc(S(=O)(=O)NC(=O)CCC(=O)OC[C@@H]3CCN3/[N+]([O-])=N\OC(C)OC(=O)C(C)C)cc2)cc1. The third-order valence-corrected chi connectivity index (χ3v) is 8.72. The standard InChI is InChI=1S/C31H35F3N6O9S/c1-19(2)30(43)48-21(4)49-37-40(44)38-16-15-24(38)18-47-29(42)14-13-28(41)36-50(45,46)25-11-9-23(10-12-25)39-26(17-27(35-39)31(32,33)34)22-7-5-20(3)6-8-22/h5-12,17,19,21,24H,13-16,18H2,1-4H3,(H,36,41)/b40-37+/t21?,24-/m0/s1. The Kier molecular flexibility index (Phi) is 11.7. The number of nitrogens with one attached hydrogen (secondary N) is 1. The molecule has 270 valence electrons. The normalized spacial score (nSPS) is 15.6. The molecule has 1 N–H and O–H groups in total. The predicted molar refractivity (Wildman–Crippen MR) is 167 cm³/mol. The Labute approximate surface area is 285 Å². The molecule has 0 bridgehead atoms. The number of hydrogen-bond acceptors (Lipinski definition) is 11. The Bertz CT molecular complexity index is 1830. The summed E-state index contributed by atoms with van der Waals surface area (Å²) >= 11 is 0. The van der Waals surface area contributed by atoms with E-state index in [9.17, 15) is 41.2 Å². The van der Waals surface area contributed by atoms with Crippen LogP contribution in [0.1, 0.15) is 51.3 Å². The zero-order valence-electron chi connectivity index (χ0n) is 27.4. The second-order valence-electron chi connectivity index (χ2n) is 11.6. The van der Waals surface area contributed by atoms with Gasteiger partial charge in [-0.3, -0.25) is 19.2 Å². The van der Waals surface area contributed by atoms with Crippen molar-refractivity contribution in [3.05, 3.63) is 71.1 Å². The Morgan fingerprint density at radius 3 is 2.32 bits per heavy atom. The van der Waals surface area contributed by atoms with Crippen molar-refractivity contribution >= 4 is 27.9 Å². The van der Waals surface area contributed by atoms with Gasteiger partial charge in [0.05, 0.1) is 40.1 Å². The van der Waals surface area contributed by atoms with Gasteiger partial charge in [0.25, 0.3) is 16.3 Å². The van der Waals surface area contributed by atoms with Crippen LogP contribution in [0.15, 0.2) is 64.8 Å². The number of carbonyl (C=O) groups excluding carboxylic acids is 3.